The summed E-state index contributed by atoms with van der Waals surface area (Å²) in [5.41, 5.74) is 2.91. The van der Waals surface area contributed by atoms with Crippen LogP contribution in [0.25, 0.3) is 11.5 Å². The molecule has 0 saturated heterocycles. The highest BCUT2D eigenvalue weighted by Crippen LogP contribution is 2.17. The molecule has 2 aromatic carbocycles. The van der Waals surface area contributed by atoms with Gasteiger partial charge in [0, 0.05) is 25.8 Å². The summed E-state index contributed by atoms with van der Waals surface area (Å²) >= 11 is 0. The summed E-state index contributed by atoms with van der Waals surface area (Å²) < 4.78 is 16.4. The lowest BCUT2D eigenvalue weighted by Crippen LogP contribution is -2.37. The SMILES string of the molecule is CN=C(NCCCOCc1ccc(OC)cc1)NCc1coc(-c2ccccc2)n1.I. The third-order valence-electron chi connectivity index (χ3n) is 4.42. The average molecular weight is 536 g/mol. The maximum absolute atomic E-state index is 5.72. The van der Waals surface area contributed by atoms with Crippen molar-refractivity contribution in [2.24, 2.45) is 4.99 Å². The zero-order valence-corrected chi connectivity index (χ0v) is 20.2. The quantitative estimate of drug-likeness (QED) is 0.175. The van der Waals surface area contributed by atoms with Gasteiger partial charge in [-0.15, -0.1) is 24.0 Å². The maximum atomic E-state index is 5.72. The molecule has 0 unspecified atom stereocenters. The number of guanidine groups is 1. The van der Waals surface area contributed by atoms with Crippen molar-refractivity contribution in [2.75, 3.05) is 27.3 Å². The third kappa shape index (κ3) is 8.22. The molecular formula is C23H29IN4O3. The molecule has 0 aliphatic heterocycles. The van der Waals surface area contributed by atoms with Gasteiger partial charge in [-0.3, -0.25) is 4.99 Å². The van der Waals surface area contributed by atoms with E-state index in [2.05, 4.69) is 20.6 Å². The van der Waals surface area contributed by atoms with Crippen molar-refractivity contribution in [3.8, 4) is 17.2 Å². The zero-order chi connectivity index (χ0) is 21.0. The molecule has 31 heavy (non-hydrogen) atoms. The standard InChI is InChI=1S/C23H28N4O3.HI/c1-24-23(25-13-6-14-29-16-18-9-11-21(28-2)12-10-18)26-15-20-17-30-22(27-20)19-7-4-3-5-8-19;/h3-5,7-12,17H,6,13-16H2,1-2H3,(H2,24,25,26);1H. The normalized spacial score (nSPS) is 11.0. The molecule has 0 amide bonds. The first-order valence-electron chi connectivity index (χ1n) is 9.93. The van der Waals surface area contributed by atoms with E-state index in [1.165, 1.54) is 0 Å². The van der Waals surface area contributed by atoms with E-state index in [1.807, 2.05) is 54.6 Å². The molecular weight excluding hydrogens is 507 g/mol. The fraction of sp³-hybridized carbons (Fsp3) is 0.304. The number of aromatic nitrogens is 1. The number of nitrogens with one attached hydrogen (secondary N) is 2. The summed E-state index contributed by atoms with van der Waals surface area (Å²) in [6, 6.07) is 17.7. The van der Waals surface area contributed by atoms with Crippen molar-refractivity contribution in [1.29, 1.82) is 0 Å². The Kier molecular flexibility index (Phi) is 10.9. The predicted octanol–water partition coefficient (Wildman–Crippen LogP) is 4.24. The minimum Gasteiger partial charge on any atom is -0.497 e. The molecule has 0 fully saturated rings. The van der Waals surface area contributed by atoms with Crippen LogP contribution in [0.3, 0.4) is 0 Å². The van der Waals surface area contributed by atoms with Gasteiger partial charge in [0.15, 0.2) is 5.96 Å². The Morgan fingerprint density at radius 3 is 2.55 bits per heavy atom. The second-order valence-corrected chi connectivity index (χ2v) is 6.62. The highest BCUT2D eigenvalue weighted by molar-refractivity contribution is 14.0. The van der Waals surface area contributed by atoms with Gasteiger partial charge in [-0.2, -0.15) is 0 Å². The van der Waals surface area contributed by atoms with Crippen LogP contribution < -0.4 is 15.4 Å². The van der Waals surface area contributed by atoms with E-state index in [0.29, 0.717) is 25.6 Å². The van der Waals surface area contributed by atoms with Crippen LogP contribution in [-0.2, 0) is 17.9 Å². The van der Waals surface area contributed by atoms with Gasteiger partial charge in [0.1, 0.15) is 12.0 Å². The smallest absolute Gasteiger partial charge is 0.226 e. The lowest BCUT2D eigenvalue weighted by molar-refractivity contribution is 0.119. The Labute approximate surface area is 200 Å². The topological polar surface area (TPSA) is 80.9 Å². The summed E-state index contributed by atoms with van der Waals surface area (Å²) in [5, 5.41) is 6.52. The van der Waals surface area contributed by atoms with Crippen molar-refractivity contribution < 1.29 is 13.9 Å². The number of hydrogen-bond donors (Lipinski definition) is 2. The van der Waals surface area contributed by atoms with Gasteiger partial charge in [0.05, 0.1) is 26.0 Å². The number of benzene rings is 2. The lowest BCUT2D eigenvalue weighted by Gasteiger charge is -2.11. The van der Waals surface area contributed by atoms with E-state index in [9.17, 15) is 0 Å². The van der Waals surface area contributed by atoms with Crippen LogP contribution in [0.1, 0.15) is 17.7 Å². The van der Waals surface area contributed by atoms with E-state index >= 15 is 0 Å². The molecule has 0 spiro atoms. The minimum atomic E-state index is 0. The van der Waals surface area contributed by atoms with Crippen molar-refractivity contribution >= 4 is 29.9 Å². The van der Waals surface area contributed by atoms with Crippen LogP contribution in [0.4, 0.5) is 0 Å². The molecule has 2 N–H and O–H groups in total. The van der Waals surface area contributed by atoms with Gasteiger partial charge in [-0.1, -0.05) is 30.3 Å². The Morgan fingerprint density at radius 1 is 1.06 bits per heavy atom. The maximum Gasteiger partial charge on any atom is 0.226 e. The Hall–Kier alpha value is -2.59. The summed E-state index contributed by atoms with van der Waals surface area (Å²) in [7, 11) is 3.41. The third-order valence-corrected chi connectivity index (χ3v) is 4.42. The fourth-order valence-electron chi connectivity index (χ4n) is 2.79. The first-order chi connectivity index (χ1) is 14.8. The number of hydrogen-bond acceptors (Lipinski definition) is 5. The van der Waals surface area contributed by atoms with Crippen molar-refractivity contribution in [3.05, 3.63) is 72.1 Å². The molecule has 166 valence electrons. The molecule has 0 saturated carbocycles. The van der Waals surface area contributed by atoms with Gasteiger partial charge in [-0.25, -0.2) is 4.98 Å². The Bertz CT molecular complexity index is 914. The molecule has 0 bridgehead atoms. The number of aliphatic imine (C=N–C) groups is 1. The average Bonchev–Trinajstić information content (AvgIpc) is 3.28. The van der Waals surface area contributed by atoms with E-state index in [-0.39, 0.29) is 24.0 Å². The second kappa shape index (κ2) is 13.7. The molecule has 0 aliphatic rings. The number of rotatable bonds is 10. The van der Waals surface area contributed by atoms with Crippen LogP contribution in [0, 0.1) is 0 Å². The van der Waals surface area contributed by atoms with Crippen LogP contribution in [0.2, 0.25) is 0 Å². The summed E-state index contributed by atoms with van der Waals surface area (Å²) in [5.74, 6) is 2.18. The number of oxazole rings is 1. The first-order valence-corrected chi connectivity index (χ1v) is 9.93. The summed E-state index contributed by atoms with van der Waals surface area (Å²) in [6.45, 7) is 2.55. The van der Waals surface area contributed by atoms with Gasteiger partial charge in [0.2, 0.25) is 5.89 Å². The van der Waals surface area contributed by atoms with Crippen LogP contribution in [-0.4, -0.2) is 38.3 Å². The van der Waals surface area contributed by atoms with Crippen LogP contribution >= 0.6 is 24.0 Å². The van der Waals surface area contributed by atoms with Crippen molar-refractivity contribution in [1.82, 2.24) is 15.6 Å². The zero-order valence-electron chi connectivity index (χ0n) is 17.8. The van der Waals surface area contributed by atoms with Gasteiger partial charge in [0.25, 0.3) is 0 Å². The first kappa shape index (κ1) is 24.7. The second-order valence-electron chi connectivity index (χ2n) is 6.62. The van der Waals surface area contributed by atoms with E-state index < -0.39 is 0 Å². The van der Waals surface area contributed by atoms with Crippen molar-refractivity contribution in [2.45, 2.75) is 19.6 Å². The Morgan fingerprint density at radius 2 is 1.84 bits per heavy atom. The van der Waals surface area contributed by atoms with Gasteiger partial charge >= 0.3 is 0 Å². The number of methoxy groups -OCH3 is 1. The number of halogens is 1. The lowest BCUT2D eigenvalue weighted by atomic mass is 10.2. The molecule has 0 atom stereocenters. The molecule has 3 aromatic rings. The highest BCUT2D eigenvalue weighted by atomic mass is 127. The molecule has 3 rings (SSSR count). The number of ether oxygens (including phenoxy) is 2. The predicted molar refractivity (Wildman–Crippen MR) is 133 cm³/mol. The monoisotopic (exact) mass is 536 g/mol. The van der Waals surface area contributed by atoms with Crippen LogP contribution in [0.15, 0.2) is 70.3 Å². The van der Waals surface area contributed by atoms with E-state index in [4.69, 9.17) is 13.9 Å². The Balaban J connectivity index is 0.00000341. The molecule has 0 radical (unpaired) electrons. The van der Waals surface area contributed by atoms with E-state index in [0.717, 1.165) is 41.5 Å². The van der Waals surface area contributed by atoms with E-state index in [1.54, 1.807) is 20.4 Å². The van der Waals surface area contributed by atoms with Crippen LogP contribution in [0.5, 0.6) is 5.75 Å². The molecule has 1 heterocycles. The summed E-state index contributed by atoms with van der Waals surface area (Å²) in [6.07, 6.45) is 2.54. The molecule has 0 aliphatic carbocycles. The van der Waals surface area contributed by atoms with Gasteiger partial charge < -0.3 is 24.5 Å². The fourth-order valence-corrected chi connectivity index (χ4v) is 2.79. The molecule has 8 heteroatoms. The largest absolute Gasteiger partial charge is 0.497 e. The molecule has 7 nitrogen and oxygen atoms in total. The molecule has 1 aromatic heterocycles. The summed E-state index contributed by atoms with van der Waals surface area (Å²) in [4.78, 5) is 8.74. The minimum absolute atomic E-state index is 0. The van der Waals surface area contributed by atoms with Gasteiger partial charge in [-0.05, 0) is 36.2 Å². The number of nitrogens with zero attached hydrogens (tertiary/aromatic N) is 2. The van der Waals surface area contributed by atoms with Crippen molar-refractivity contribution in [3.63, 3.8) is 0 Å². The highest BCUT2D eigenvalue weighted by Gasteiger charge is 2.07.